The first kappa shape index (κ1) is 28.5. The van der Waals surface area contributed by atoms with Gasteiger partial charge in [0.15, 0.2) is 17.5 Å². The number of nitrogens with zero attached hydrogens (tertiary/aromatic N) is 2. The van der Waals surface area contributed by atoms with E-state index in [1.165, 1.54) is 5.56 Å². The number of guanidine groups is 1. The largest absolute Gasteiger partial charge is 0.493 e. The minimum Gasteiger partial charge on any atom is -0.493 e. The van der Waals surface area contributed by atoms with Crippen LogP contribution in [0.3, 0.4) is 0 Å². The Bertz CT molecular complexity index is 875. The van der Waals surface area contributed by atoms with Crippen molar-refractivity contribution in [2.24, 2.45) is 4.99 Å². The molecule has 0 bridgehead atoms. The van der Waals surface area contributed by atoms with Gasteiger partial charge in [-0.25, -0.2) is 4.99 Å². The number of aliphatic imine (C=N–C) groups is 1. The molecule has 0 aliphatic heterocycles. The van der Waals surface area contributed by atoms with Gasteiger partial charge in [-0.2, -0.15) is 0 Å². The molecule has 0 aliphatic carbocycles. The lowest BCUT2D eigenvalue weighted by atomic mass is 10.1. The van der Waals surface area contributed by atoms with Crippen molar-refractivity contribution >= 4 is 35.8 Å². The molecule has 182 valence electrons. The van der Waals surface area contributed by atoms with Crippen molar-refractivity contribution in [2.45, 2.75) is 32.7 Å². The normalized spacial score (nSPS) is 11.7. The molecule has 2 aromatic rings. The van der Waals surface area contributed by atoms with Gasteiger partial charge in [-0.15, -0.1) is 24.0 Å². The summed E-state index contributed by atoms with van der Waals surface area (Å²) in [5.74, 6) is 2.09. The smallest absolute Gasteiger partial charge is 0.243 e. The fourth-order valence-corrected chi connectivity index (χ4v) is 3.12. The first-order valence-electron chi connectivity index (χ1n) is 11.0. The molecule has 33 heavy (non-hydrogen) atoms. The topological polar surface area (TPSA) is 75.2 Å². The third-order valence-electron chi connectivity index (χ3n) is 4.99. The third-order valence-corrected chi connectivity index (χ3v) is 4.99. The standard InChI is InChI=1S/C25H36N4O3.HI/c1-6-32-23-17-20(14-15-22(23)31-5)11-10-16-26-25(27-18-24(30)29(3)4)28-19(2)21-12-8-7-9-13-21;/h7-9,12-15,17,19H,6,10-11,16,18H2,1-5H3,(H2,26,27,28);1H. The third kappa shape index (κ3) is 9.89. The van der Waals surface area contributed by atoms with Crippen LogP contribution in [0.1, 0.15) is 37.4 Å². The lowest BCUT2D eigenvalue weighted by molar-refractivity contribution is -0.127. The van der Waals surface area contributed by atoms with Crippen LogP contribution in [0, 0.1) is 0 Å². The van der Waals surface area contributed by atoms with Crippen molar-refractivity contribution in [3.8, 4) is 11.5 Å². The maximum Gasteiger partial charge on any atom is 0.243 e. The molecular formula is C25H37IN4O3. The van der Waals surface area contributed by atoms with Crippen molar-refractivity contribution < 1.29 is 14.3 Å². The number of ether oxygens (including phenoxy) is 2. The highest BCUT2D eigenvalue weighted by Gasteiger charge is 2.10. The number of likely N-dealkylation sites (N-methyl/N-ethyl adjacent to an activating group) is 1. The Balaban J connectivity index is 0.00000544. The van der Waals surface area contributed by atoms with Gasteiger partial charge < -0.3 is 25.0 Å². The Morgan fingerprint density at radius 3 is 2.48 bits per heavy atom. The first-order chi connectivity index (χ1) is 15.4. The Kier molecular flexibility index (Phi) is 13.3. The summed E-state index contributed by atoms with van der Waals surface area (Å²) in [6.45, 7) is 5.45. The van der Waals surface area contributed by atoms with Gasteiger partial charge in [0.1, 0.15) is 6.54 Å². The molecule has 0 aromatic heterocycles. The van der Waals surface area contributed by atoms with Gasteiger partial charge >= 0.3 is 0 Å². The predicted molar refractivity (Wildman–Crippen MR) is 145 cm³/mol. The molecule has 7 nitrogen and oxygen atoms in total. The maximum atomic E-state index is 12.0. The van der Waals surface area contributed by atoms with Crippen molar-refractivity contribution in [3.63, 3.8) is 0 Å². The fourth-order valence-electron chi connectivity index (χ4n) is 3.12. The van der Waals surface area contributed by atoms with E-state index in [2.05, 4.69) is 40.7 Å². The number of hydrogen-bond acceptors (Lipinski definition) is 4. The predicted octanol–water partition coefficient (Wildman–Crippen LogP) is 4.03. The van der Waals surface area contributed by atoms with E-state index >= 15 is 0 Å². The Labute approximate surface area is 215 Å². The monoisotopic (exact) mass is 568 g/mol. The van der Waals surface area contributed by atoms with E-state index in [9.17, 15) is 4.79 Å². The van der Waals surface area contributed by atoms with Gasteiger partial charge in [0, 0.05) is 20.6 Å². The second kappa shape index (κ2) is 15.4. The van der Waals surface area contributed by atoms with Crippen LogP contribution in [-0.4, -0.2) is 57.7 Å². The highest BCUT2D eigenvalue weighted by atomic mass is 127. The number of carbonyl (C=O) groups excluding carboxylic acids is 1. The molecule has 0 aliphatic rings. The molecule has 0 spiro atoms. The number of methoxy groups -OCH3 is 1. The van der Waals surface area contributed by atoms with Crippen LogP contribution in [0.2, 0.25) is 0 Å². The zero-order valence-electron chi connectivity index (χ0n) is 20.3. The van der Waals surface area contributed by atoms with Crippen LogP contribution in [0.15, 0.2) is 53.5 Å². The van der Waals surface area contributed by atoms with Crippen molar-refractivity contribution in [2.75, 3.05) is 40.9 Å². The number of halogens is 1. The van der Waals surface area contributed by atoms with E-state index in [4.69, 9.17) is 9.47 Å². The summed E-state index contributed by atoms with van der Waals surface area (Å²) < 4.78 is 11.0. The van der Waals surface area contributed by atoms with Crippen molar-refractivity contribution in [3.05, 3.63) is 59.7 Å². The van der Waals surface area contributed by atoms with Crippen LogP contribution in [0.4, 0.5) is 0 Å². The number of hydrogen-bond donors (Lipinski definition) is 2. The SMILES string of the molecule is CCOc1cc(CCCNC(=NCC(=O)N(C)C)NC(C)c2ccccc2)ccc1OC.I. The summed E-state index contributed by atoms with van der Waals surface area (Å²) in [6.07, 6.45) is 1.79. The molecule has 2 N–H and O–H groups in total. The lowest BCUT2D eigenvalue weighted by Gasteiger charge is -2.19. The molecule has 0 saturated heterocycles. The van der Waals surface area contributed by atoms with E-state index in [1.54, 1.807) is 26.1 Å². The number of carbonyl (C=O) groups is 1. The number of rotatable bonds is 11. The molecular weight excluding hydrogens is 531 g/mol. The minimum atomic E-state index is -0.0415. The van der Waals surface area contributed by atoms with Gasteiger partial charge in [-0.05, 0) is 49.9 Å². The van der Waals surface area contributed by atoms with Gasteiger partial charge in [-0.3, -0.25) is 4.79 Å². The summed E-state index contributed by atoms with van der Waals surface area (Å²) in [4.78, 5) is 18.0. The molecule has 1 amide bonds. The molecule has 1 atom stereocenters. The summed E-state index contributed by atoms with van der Waals surface area (Å²) >= 11 is 0. The Morgan fingerprint density at radius 1 is 1.12 bits per heavy atom. The second-order valence-electron chi connectivity index (χ2n) is 7.68. The van der Waals surface area contributed by atoms with Crippen LogP contribution in [0.25, 0.3) is 0 Å². The number of benzene rings is 2. The first-order valence-corrected chi connectivity index (χ1v) is 11.0. The summed E-state index contributed by atoms with van der Waals surface area (Å²) in [7, 11) is 5.11. The molecule has 0 radical (unpaired) electrons. The Hall–Kier alpha value is -2.49. The van der Waals surface area contributed by atoms with E-state index in [0.717, 1.165) is 36.4 Å². The van der Waals surface area contributed by atoms with E-state index in [-0.39, 0.29) is 42.5 Å². The zero-order valence-corrected chi connectivity index (χ0v) is 22.6. The molecule has 8 heteroatoms. The average Bonchev–Trinajstić information content (AvgIpc) is 2.80. The molecule has 0 heterocycles. The second-order valence-corrected chi connectivity index (χ2v) is 7.68. The van der Waals surface area contributed by atoms with Gasteiger partial charge in [-0.1, -0.05) is 36.4 Å². The van der Waals surface area contributed by atoms with Crippen molar-refractivity contribution in [1.29, 1.82) is 0 Å². The van der Waals surface area contributed by atoms with Crippen LogP contribution in [-0.2, 0) is 11.2 Å². The molecule has 0 saturated carbocycles. The number of aryl methyl sites for hydroxylation is 1. The molecule has 1 unspecified atom stereocenters. The summed E-state index contributed by atoms with van der Waals surface area (Å²) in [6, 6.07) is 16.3. The Morgan fingerprint density at radius 2 is 1.85 bits per heavy atom. The fraction of sp³-hybridized carbons (Fsp3) is 0.440. The number of amides is 1. The van der Waals surface area contributed by atoms with Gasteiger partial charge in [0.2, 0.25) is 5.91 Å². The molecule has 0 fully saturated rings. The molecule has 2 aromatic carbocycles. The maximum absolute atomic E-state index is 12.0. The highest BCUT2D eigenvalue weighted by Crippen LogP contribution is 2.28. The highest BCUT2D eigenvalue weighted by molar-refractivity contribution is 14.0. The van der Waals surface area contributed by atoms with E-state index in [0.29, 0.717) is 12.6 Å². The number of nitrogens with one attached hydrogen (secondary N) is 2. The van der Waals surface area contributed by atoms with Crippen LogP contribution < -0.4 is 20.1 Å². The summed E-state index contributed by atoms with van der Waals surface area (Å²) in [5, 5.41) is 6.76. The molecule has 2 rings (SSSR count). The quantitative estimate of drug-likeness (QED) is 0.185. The summed E-state index contributed by atoms with van der Waals surface area (Å²) in [5.41, 5.74) is 2.34. The average molecular weight is 569 g/mol. The van der Waals surface area contributed by atoms with Gasteiger partial charge in [0.05, 0.1) is 19.8 Å². The van der Waals surface area contributed by atoms with Crippen LogP contribution >= 0.6 is 24.0 Å². The van der Waals surface area contributed by atoms with Crippen molar-refractivity contribution in [1.82, 2.24) is 15.5 Å². The van der Waals surface area contributed by atoms with Crippen LogP contribution in [0.5, 0.6) is 11.5 Å². The van der Waals surface area contributed by atoms with E-state index < -0.39 is 0 Å². The van der Waals surface area contributed by atoms with Gasteiger partial charge in [0.25, 0.3) is 0 Å². The van der Waals surface area contributed by atoms with E-state index in [1.807, 2.05) is 37.3 Å². The lowest BCUT2D eigenvalue weighted by Crippen LogP contribution is -2.40. The minimum absolute atomic E-state index is 0. The zero-order chi connectivity index (χ0) is 23.3.